The Morgan fingerprint density at radius 1 is 0.762 bits per heavy atom. The van der Waals surface area contributed by atoms with Gasteiger partial charge < -0.3 is 4.74 Å². The van der Waals surface area contributed by atoms with Gasteiger partial charge >= 0.3 is 11.9 Å². The molecule has 0 radical (unpaired) electrons. The second-order valence-corrected chi connectivity index (χ2v) is 5.57. The molecule has 0 atom stereocenters. The smallest absolute Gasteiger partial charge is 0.338 e. The molecule has 0 saturated heterocycles. The summed E-state index contributed by atoms with van der Waals surface area (Å²) in [5.41, 5.74) is 0. The maximum atomic E-state index is 11.3. The SMILES string of the molecule is CC(C)C/C=C/C=C\C(=O)OC(=O)/C=C\C=C\CC(C)C. The summed E-state index contributed by atoms with van der Waals surface area (Å²) >= 11 is 0. The molecule has 3 nitrogen and oxygen atoms in total. The zero-order chi connectivity index (χ0) is 16.1. The summed E-state index contributed by atoms with van der Waals surface area (Å²) in [4.78, 5) is 22.6. The lowest BCUT2D eigenvalue weighted by Gasteiger charge is -1.95. The Balaban J connectivity index is 4.01. The Labute approximate surface area is 128 Å². The first kappa shape index (κ1) is 19.1. The van der Waals surface area contributed by atoms with E-state index in [9.17, 15) is 9.59 Å². The van der Waals surface area contributed by atoms with Crippen LogP contribution in [0.5, 0.6) is 0 Å². The fourth-order valence-corrected chi connectivity index (χ4v) is 1.29. The van der Waals surface area contributed by atoms with Crippen molar-refractivity contribution in [2.45, 2.75) is 40.5 Å². The van der Waals surface area contributed by atoms with Crippen LogP contribution in [-0.2, 0) is 14.3 Å². The Kier molecular flexibility index (Phi) is 10.8. The van der Waals surface area contributed by atoms with E-state index in [1.807, 2.05) is 12.2 Å². The lowest BCUT2D eigenvalue weighted by Crippen LogP contribution is -2.06. The minimum atomic E-state index is -0.662. The van der Waals surface area contributed by atoms with Gasteiger partial charge in [-0.2, -0.15) is 0 Å². The summed E-state index contributed by atoms with van der Waals surface area (Å²) in [5.74, 6) is -0.163. The second kappa shape index (κ2) is 11.9. The predicted octanol–water partition coefficient (Wildman–Crippen LogP) is 4.37. The third-order valence-corrected chi connectivity index (χ3v) is 2.38. The lowest BCUT2D eigenvalue weighted by molar-refractivity contribution is -0.152. The van der Waals surface area contributed by atoms with Gasteiger partial charge in [0.05, 0.1) is 0 Å². The molecule has 0 aliphatic rings. The predicted molar refractivity (Wildman–Crippen MR) is 86.6 cm³/mol. The van der Waals surface area contributed by atoms with Crippen molar-refractivity contribution < 1.29 is 14.3 Å². The van der Waals surface area contributed by atoms with Crippen LogP contribution in [0.2, 0.25) is 0 Å². The Bertz CT molecular complexity index is 384. The number of carbonyl (C=O) groups is 2. The van der Waals surface area contributed by atoms with Gasteiger partial charge in [-0.3, -0.25) is 0 Å². The van der Waals surface area contributed by atoms with E-state index < -0.39 is 11.9 Å². The topological polar surface area (TPSA) is 43.4 Å². The summed E-state index contributed by atoms with van der Waals surface area (Å²) in [7, 11) is 0. The summed E-state index contributed by atoms with van der Waals surface area (Å²) < 4.78 is 4.59. The van der Waals surface area contributed by atoms with Crippen LogP contribution in [-0.4, -0.2) is 11.9 Å². The maximum Gasteiger partial charge on any atom is 0.338 e. The molecule has 0 aromatic heterocycles. The summed E-state index contributed by atoms with van der Waals surface area (Å²) in [5, 5.41) is 0. The molecule has 0 aromatic rings. The molecule has 0 amide bonds. The van der Waals surface area contributed by atoms with Crippen LogP contribution in [0.4, 0.5) is 0 Å². The van der Waals surface area contributed by atoms with E-state index in [2.05, 4.69) is 32.4 Å². The van der Waals surface area contributed by atoms with Crippen LogP contribution in [0.1, 0.15) is 40.5 Å². The fraction of sp³-hybridized carbons (Fsp3) is 0.444. The van der Waals surface area contributed by atoms with E-state index in [0.717, 1.165) is 12.8 Å². The van der Waals surface area contributed by atoms with E-state index in [4.69, 9.17) is 0 Å². The van der Waals surface area contributed by atoms with Crippen molar-refractivity contribution in [1.29, 1.82) is 0 Å². The third-order valence-electron chi connectivity index (χ3n) is 2.38. The molecule has 116 valence electrons. The number of carbonyl (C=O) groups excluding carboxylic acids is 2. The van der Waals surface area contributed by atoms with Crippen molar-refractivity contribution in [3.63, 3.8) is 0 Å². The molecule has 21 heavy (non-hydrogen) atoms. The Hall–Kier alpha value is -1.90. The quantitative estimate of drug-likeness (QED) is 0.288. The number of rotatable bonds is 8. The van der Waals surface area contributed by atoms with E-state index in [1.54, 1.807) is 24.3 Å². The maximum absolute atomic E-state index is 11.3. The van der Waals surface area contributed by atoms with Gasteiger partial charge in [-0.15, -0.1) is 0 Å². The number of esters is 2. The van der Waals surface area contributed by atoms with Crippen LogP contribution in [0.3, 0.4) is 0 Å². The fourth-order valence-electron chi connectivity index (χ4n) is 1.29. The summed E-state index contributed by atoms with van der Waals surface area (Å²) in [6.07, 6.45) is 15.0. The van der Waals surface area contributed by atoms with Gasteiger partial charge in [0.25, 0.3) is 0 Å². The van der Waals surface area contributed by atoms with Crippen LogP contribution >= 0.6 is 0 Å². The van der Waals surface area contributed by atoms with Gasteiger partial charge in [-0.05, 0) is 24.7 Å². The summed E-state index contributed by atoms with van der Waals surface area (Å²) in [6.45, 7) is 8.46. The monoisotopic (exact) mass is 290 g/mol. The van der Waals surface area contributed by atoms with Crippen molar-refractivity contribution in [2.75, 3.05) is 0 Å². The van der Waals surface area contributed by atoms with Crippen LogP contribution in [0.25, 0.3) is 0 Å². The van der Waals surface area contributed by atoms with Crippen LogP contribution in [0.15, 0.2) is 48.6 Å². The largest absolute Gasteiger partial charge is 0.387 e. The van der Waals surface area contributed by atoms with Crippen LogP contribution < -0.4 is 0 Å². The molecule has 0 aliphatic heterocycles. The van der Waals surface area contributed by atoms with Crippen LogP contribution in [0, 0.1) is 11.8 Å². The highest BCUT2D eigenvalue weighted by atomic mass is 16.6. The summed E-state index contributed by atoms with van der Waals surface area (Å²) in [6, 6.07) is 0. The molecule has 0 fully saturated rings. The van der Waals surface area contributed by atoms with Crippen molar-refractivity contribution in [3.8, 4) is 0 Å². The first-order valence-electron chi connectivity index (χ1n) is 7.34. The van der Waals surface area contributed by atoms with E-state index >= 15 is 0 Å². The highest BCUT2D eigenvalue weighted by molar-refractivity contribution is 5.96. The van der Waals surface area contributed by atoms with Gasteiger partial charge in [-0.25, -0.2) is 9.59 Å². The average molecular weight is 290 g/mol. The van der Waals surface area contributed by atoms with E-state index in [-0.39, 0.29) is 0 Å². The van der Waals surface area contributed by atoms with Crippen molar-refractivity contribution in [2.24, 2.45) is 11.8 Å². The molecule has 0 aromatic carbocycles. The van der Waals surface area contributed by atoms with Crippen molar-refractivity contribution in [3.05, 3.63) is 48.6 Å². The highest BCUT2D eigenvalue weighted by Crippen LogP contribution is 2.00. The molecule has 0 unspecified atom stereocenters. The number of allylic oxidation sites excluding steroid dienone is 6. The molecule has 0 N–H and O–H groups in total. The first-order chi connectivity index (χ1) is 9.91. The number of ether oxygens (including phenoxy) is 1. The molecule has 0 rings (SSSR count). The average Bonchev–Trinajstić information content (AvgIpc) is 2.37. The van der Waals surface area contributed by atoms with E-state index in [1.165, 1.54) is 12.2 Å². The zero-order valence-electron chi connectivity index (χ0n) is 13.4. The zero-order valence-corrected chi connectivity index (χ0v) is 13.4. The molecule has 3 heteroatoms. The molecular weight excluding hydrogens is 264 g/mol. The third kappa shape index (κ3) is 14.3. The molecule has 0 heterocycles. The second-order valence-electron chi connectivity index (χ2n) is 5.57. The van der Waals surface area contributed by atoms with Gasteiger partial charge in [0, 0.05) is 12.2 Å². The van der Waals surface area contributed by atoms with Crippen molar-refractivity contribution in [1.82, 2.24) is 0 Å². The molecule has 0 bridgehead atoms. The number of hydrogen-bond acceptors (Lipinski definition) is 3. The minimum absolute atomic E-state index is 0.581. The molecule has 0 spiro atoms. The van der Waals surface area contributed by atoms with Gasteiger partial charge in [0.15, 0.2) is 0 Å². The van der Waals surface area contributed by atoms with E-state index in [0.29, 0.717) is 11.8 Å². The molecule has 0 aliphatic carbocycles. The Morgan fingerprint density at radius 3 is 1.48 bits per heavy atom. The lowest BCUT2D eigenvalue weighted by atomic mass is 10.1. The minimum Gasteiger partial charge on any atom is -0.387 e. The highest BCUT2D eigenvalue weighted by Gasteiger charge is 2.01. The number of hydrogen-bond donors (Lipinski definition) is 0. The molecular formula is C18H26O3. The first-order valence-corrected chi connectivity index (χ1v) is 7.34. The standard InChI is InChI=1S/C18H26O3/c1-15(2)11-7-5-9-13-17(19)21-18(20)14-10-6-8-12-16(3)4/h5-10,13-16H,11-12H2,1-4H3/b7-5+,8-6+,13-9-,14-10-. The normalized spacial score (nSPS) is 12.7. The van der Waals surface area contributed by atoms with Gasteiger partial charge in [0.1, 0.15) is 0 Å². The van der Waals surface area contributed by atoms with Crippen molar-refractivity contribution >= 4 is 11.9 Å². The molecule has 0 saturated carbocycles. The Morgan fingerprint density at radius 2 is 1.14 bits per heavy atom. The van der Waals surface area contributed by atoms with Gasteiger partial charge in [0.2, 0.25) is 0 Å². The van der Waals surface area contributed by atoms with Gasteiger partial charge in [-0.1, -0.05) is 64.2 Å².